The van der Waals surface area contributed by atoms with Crippen LogP contribution in [-0.4, -0.2) is 25.3 Å². The van der Waals surface area contributed by atoms with Gasteiger partial charge >= 0.3 is 0 Å². The minimum atomic E-state index is -0.483. The third-order valence-electron chi connectivity index (χ3n) is 5.22. The molecule has 0 spiro atoms. The molecule has 2 aromatic rings. The lowest BCUT2D eigenvalue weighted by molar-refractivity contribution is 0.214. The highest BCUT2D eigenvalue weighted by Crippen LogP contribution is 2.44. The van der Waals surface area contributed by atoms with Gasteiger partial charge in [0.25, 0.3) is 0 Å². The van der Waals surface area contributed by atoms with Gasteiger partial charge in [-0.3, -0.25) is 0 Å². The van der Waals surface area contributed by atoms with Crippen LogP contribution < -0.4 is 20.9 Å². The fraction of sp³-hybridized carbons (Fsp3) is 0.478. The lowest BCUT2D eigenvalue weighted by Gasteiger charge is -2.29. The fourth-order valence-electron chi connectivity index (χ4n) is 3.22. The third-order valence-corrected chi connectivity index (χ3v) is 6.35. The average molecular weight is 508 g/mol. The molecule has 2 unspecified atom stereocenters. The second kappa shape index (κ2) is 11.3. The quantitative estimate of drug-likeness (QED) is 0.368. The van der Waals surface area contributed by atoms with Crippen LogP contribution in [0.4, 0.5) is 0 Å². The molecule has 0 bridgehead atoms. The van der Waals surface area contributed by atoms with Gasteiger partial charge in [0.15, 0.2) is 11.5 Å². The van der Waals surface area contributed by atoms with Crippen molar-refractivity contribution < 1.29 is 9.47 Å². The molecular weight excluding hydrogens is 478 g/mol. The molecule has 2 aromatic carbocycles. The van der Waals surface area contributed by atoms with E-state index in [0.717, 1.165) is 11.1 Å². The number of ether oxygens (including phenoxy) is 2. The Bertz CT molecular complexity index is 788. The largest absolute Gasteiger partial charge is 0.488 e. The second-order valence-electron chi connectivity index (χ2n) is 8.17. The Morgan fingerprint density at radius 2 is 1.00 bits per heavy atom. The summed E-state index contributed by atoms with van der Waals surface area (Å²) >= 11 is 26.1. The topological polar surface area (TPSA) is 70.5 Å². The summed E-state index contributed by atoms with van der Waals surface area (Å²) in [5.74, 6) is 0.912. The summed E-state index contributed by atoms with van der Waals surface area (Å²) in [6, 6.07) is 7.42. The van der Waals surface area contributed by atoms with Gasteiger partial charge in [-0.05, 0) is 75.2 Å². The maximum absolute atomic E-state index is 6.52. The van der Waals surface area contributed by atoms with Gasteiger partial charge in [0, 0.05) is 5.41 Å². The number of hydrogen-bond donors (Lipinski definition) is 2. The van der Waals surface area contributed by atoms with Crippen molar-refractivity contribution >= 4 is 46.4 Å². The number of halogens is 4. The normalized spacial score (nSPS) is 13.7. The third kappa shape index (κ3) is 6.56. The van der Waals surface area contributed by atoms with Crippen molar-refractivity contribution in [3.8, 4) is 11.5 Å². The molecule has 0 radical (unpaired) electrons. The molecule has 0 aliphatic rings. The summed E-state index contributed by atoms with van der Waals surface area (Å²) in [5, 5.41) is 1.75. The molecule has 0 aromatic heterocycles. The van der Waals surface area contributed by atoms with Crippen LogP contribution in [0.2, 0.25) is 20.1 Å². The monoisotopic (exact) mass is 506 g/mol. The zero-order chi connectivity index (χ0) is 23.3. The molecule has 0 fully saturated rings. The Hall–Kier alpha value is -0.880. The Morgan fingerprint density at radius 3 is 1.26 bits per heavy atom. The van der Waals surface area contributed by atoms with Gasteiger partial charge in [-0.2, -0.15) is 0 Å². The van der Waals surface area contributed by atoms with Gasteiger partial charge in [-0.25, -0.2) is 0 Å². The van der Waals surface area contributed by atoms with E-state index in [1.165, 1.54) is 0 Å². The highest BCUT2D eigenvalue weighted by atomic mass is 35.5. The number of nitrogens with two attached hydrogens (primary N) is 2. The van der Waals surface area contributed by atoms with Crippen LogP contribution in [0, 0.1) is 0 Å². The zero-order valence-electron chi connectivity index (χ0n) is 18.3. The molecular formula is C23H30Cl4N2O2. The van der Waals surface area contributed by atoms with E-state index in [1.54, 1.807) is 0 Å². The first-order chi connectivity index (χ1) is 14.5. The lowest BCUT2D eigenvalue weighted by Crippen LogP contribution is -2.21. The highest BCUT2D eigenvalue weighted by Gasteiger charge is 2.28. The molecule has 0 aliphatic heterocycles. The summed E-state index contributed by atoms with van der Waals surface area (Å²) in [4.78, 5) is 0. The first-order valence-electron chi connectivity index (χ1n) is 10.2. The van der Waals surface area contributed by atoms with E-state index in [2.05, 4.69) is 0 Å². The average Bonchev–Trinajstić information content (AvgIpc) is 2.67. The van der Waals surface area contributed by atoms with E-state index in [0.29, 0.717) is 57.5 Å². The maximum atomic E-state index is 6.52. The first kappa shape index (κ1) is 26.4. The van der Waals surface area contributed by atoms with Crippen LogP contribution in [0.3, 0.4) is 0 Å². The van der Waals surface area contributed by atoms with Crippen LogP contribution in [0.1, 0.15) is 51.7 Å². The molecule has 0 saturated heterocycles. The molecule has 172 valence electrons. The van der Waals surface area contributed by atoms with E-state index in [4.69, 9.17) is 67.3 Å². The predicted octanol–water partition coefficient (Wildman–Crippen LogP) is 6.86. The van der Waals surface area contributed by atoms with E-state index >= 15 is 0 Å². The Balaban J connectivity index is 2.38. The van der Waals surface area contributed by atoms with Gasteiger partial charge < -0.3 is 20.9 Å². The summed E-state index contributed by atoms with van der Waals surface area (Å²) in [6.07, 6.45) is 1.22. The minimum absolute atomic E-state index is 0.0920. The number of benzene rings is 2. The van der Waals surface area contributed by atoms with E-state index < -0.39 is 5.41 Å². The Morgan fingerprint density at radius 1 is 0.710 bits per heavy atom. The lowest BCUT2D eigenvalue weighted by atomic mass is 9.78. The molecule has 4 nitrogen and oxygen atoms in total. The van der Waals surface area contributed by atoms with Gasteiger partial charge in [-0.1, -0.05) is 60.3 Å². The Kier molecular flexibility index (Phi) is 9.62. The summed E-state index contributed by atoms with van der Waals surface area (Å²) < 4.78 is 11.8. The molecule has 0 saturated carbocycles. The van der Waals surface area contributed by atoms with Crippen molar-refractivity contribution in [1.82, 2.24) is 0 Å². The molecule has 8 heteroatoms. The van der Waals surface area contributed by atoms with Crippen molar-refractivity contribution in [3.63, 3.8) is 0 Å². The summed E-state index contributed by atoms with van der Waals surface area (Å²) in [7, 11) is 0. The molecule has 0 amide bonds. The van der Waals surface area contributed by atoms with Crippen molar-refractivity contribution in [2.45, 2.75) is 58.2 Å². The van der Waals surface area contributed by atoms with Gasteiger partial charge in [-0.15, -0.1) is 0 Å². The van der Waals surface area contributed by atoms with Crippen molar-refractivity contribution in [2.24, 2.45) is 11.5 Å². The van der Waals surface area contributed by atoms with Gasteiger partial charge in [0.05, 0.1) is 32.3 Å². The van der Waals surface area contributed by atoms with Crippen LogP contribution in [0.5, 0.6) is 11.5 Å². The van der Waals surface area contributed by atoms with Crippen molar-refractivity contribution in [2.75, 3.05) is 13.1 Å². The summed E-state index contributed by atoms with van der Waals surface area (Å²) in [6.45, 7) is 9.00. The van der Waals surface area contributed by atoms with Crippen molar-refractivity contribution in [1.29, 1.82) is 0 Å². The van der Waals surface area contributed by atoms with Crippen molar-refractivity contribution in [3.05, 3.63) is 55.5 Å². The second-order valence-corrected chi connectivity index (χ2v) is 9.80. The highest BCUT2D eigenvalue weighted by molar-refractivity contribution is 6.38. The smallest absolute Gasteiger partial charge is 0.156 e. The fourth-order valence-corrected chi connectivity index (χ4v) is 4.38. The zero-order valence-corrected chi connectivity index (χ0v) is 21.3. The number of rotatable bonds is 10. The number of hydrogen-bond acceptors (Lipinski definition) is 4. The molecule has 0 aliphatic carbocycles. The molecule has 2 atom stereocenters. The van der Waals surface area contributed by atoms with Gasteiger partial charge in [0.2, 0.25) is 0 Å². The molecule has 31 heavy (non-hydrogen) atoms. The van der Waals surface area contributed by atoms with E-state index in [1.807, 2.05) is 52.0 Å². The van der Waals surface area contributed by atoms with Crippen LogP contribution >= 0.6 is 46.4 Å². The Labute approximate surface area is 205 Å². The van der Waals surface area contributed by atoms with Crippen LogP contribution in [0.25, 0.3) is 0 Å². The van der Waals surface area contributed by atoms with Crippen LogP contribution in [0.15, 0.2) is 24.3 Å². The SMILES string of the molecule is CC(CCN)Oc1c(Cl)cc(C(C)(C)c2cc(Cl)c(OC(C)CCN)c(Cl)c2)cc1Cl. The predicted molar refractivity (Wildman–Crippen MR) is 133 cm³/mol. The molecule has 0 heterocycles. The molecule has 4 N–H and O–H groups in total. The van der Waals surface area contributed by atoms with E-state index in [9.17, 15) is 0 Å². The van der Waals surface area contributed by atoms with Crippen LogP contribution in [-0.2, 0) is 5.41 Å². The van der Waals surface area contributed by atoms with Gasteiger partial charge in [0.1, 0.15) is 0 Å². The maximum Gasteiger partial charge on any atom is 0.156 e. The summed E-state index contributed by atoms with van der Waals surface area (Å²) in [5.41, 5.74) is 12.5. The standard InChI is InChI=1S/C23H30Cl4N2O2/c1-13(5-7-28)30-21-17(24)9-15(10-18(21)25)23(3,4)16-11-19(26)22(20(27)12-16)31-14(2)6-8-29/h9-14H,5-8,28-29H2,1-4H3. The minimum Gasteiger partial charge on any atom is -0.488 e. The molecule has 2 rings (SSSR count). The van der Waals surface area contributed by atoms with E-state index in [-0.39, 0.29) is 12.2 Å². The first-order valence-corrected chi connectivity index (χ1v) is 11.7.